The molecular formula is C20H21N3O2S. The molecule has 3 rings (SSSR count). The Balaban J connectivity index is 1.65. The van der Waals surface area contributed by atoms with E-state index in [1.54, 1.807) is 0 Å². The van der Waals surface area contributed by atoms with Gasteiger partial charge in [0.25, 0.3) is 0 Å². The topological polar surface area (TPSA) is 70.6 Å². The zero-order chi connectivity index (χ0) is 18.7. The summed E-state index contributed by atoms with van der Waals surface area (Å²) in [5.41, 5.74) is 4.71. The van der Waals surface area contributed by atoms with E-state index in [-0.39, 0.29) is 18.2 Å². The number of hydrogen-bond donors (Lipinski definition) is 2. The Morgan fingerprint density at radius 1 is 1.15 bits per heavy atom. The van der Waals surface area contributed by atoms with E-state index in [1.807, 2.05) is 63.2 Å². The van der Waals surface area contributed by atoms with Crippen LogP contribution in [0.1, 0.15) is 23.1 Å². The maximum absolute atomic E-state index is 12.4. The van der Waals surface area contributed by atoms with E-state index in [1.165, 1.54) is 11.8 Å². The van der Waals surface area contributed by atoms with Crippen LogP contribution in [0.4, 0.5) is 11.4 Å². The number of carbonyl (C=O) groups excluding carboxylic acids is 2. The first-order chi connectivity index (χ1) is 12.4. The van der Waals surface area contributed by atoms with Crippen LogP contribution in [0.2, 0.25) is 0 Å². The van der Waals surface area contributed by atoms with Crippen LogP contribution in [-0.4, -0.2) is 22.2 Å². The Morgan fingerprint density at radius 3 is 2.54 bits per heavy atom. The quantitative estimate of drug-likeness (QED) is 0.862. The van der Waals surface area contributed by atoms with Crippen LogP contribution in [0.3, 0.4) is 0 Å². The molecule has 2 amide bonds. The molecule has 1 aliphatic rings. The van der Waals surface area contributed by atoms with Crippen LogP contribution in [0.25, 0.3) is 0 Å². The monoisotopic (exact) mass is 367 g/mol. The maximum Gasteiger partial charge on any atom is 0.240 e. The average Bonchev–Trinajstić information content (AvgIpc) is 2.90. The molecule has 0 radical (unpaired) electrons. The second-order valence-corrected chi connectivity index (χ2v) is 7.56. The van der Waals surface area contributed by atoms with Crippen LogP contribution in [0, 0.1) is 20.8 Å². The number of carbonyl (C=O) groups is 2. The Hall–Kier alpha value is -2.60. The zero-order valence-electron chi connectivity index (χ0n) is 15.0. The molecule has 1 fully saturated rings. The third kappa shape index (κ3) is 4.32. The van der Waals surface area contributed by atoms with Crippen LogP contribution in [0.15, 0.2) is 47.5 Å². The van der Waals surface area contributed by atoms with Gasteiger partial charge >= 0.3 is 0 Å². The standard InChI is InChI=1S/C20H21N3O2S/c1-12-6-4-9-15(10-12)21-20-23-19(25)16(26-20)11-17(24)22-18-13(2)7-5-8-14(18)3/h4-10,16H,11H2,1-3H3,(H,22,24)(H,21,23,25)/t16-/m0/s1. The summed E-state index contributed by atoms with van der Waals surface area (Å²) in [6.07, 6.45) is 0.108. The Morgan fingerprint density at radius 2 is 1.85 bits per heavy atom. The van der Waals surface area contributed by atoms with Crippen molar-refractivity contribution in [1.82, 2.24) is 5.32 Å². The minimum absolute atomic E-state index is 0.108. The molecule has 0 aliphatic carbocycles. The number of aryl methyl sites for hydroxylation is 3. The highest BCUT2D eigenvalue weighted by molar-refractivity contribution is 8.15. The molecule has 2 N–H and O–H groups in total. The first-order valence-corrected chi connectivity index (χ1v) is 9.29. The second-order valence-electron chi connectivity index (χ2n) is 6.37. The number of para-hydroxylation sites is 1. The number of nitrogens with one attached hydrogen (secondary N) is 2. The number of benzene rings is 2. The number of amides is 2. The van der Waals surface area contributed by atoms with Gasteiger partial charge in [-0.25, -0.2) is 4.99 Å². The van der Waals surface area contributed by atoms with Crippen molar-refractivity contribution >= 4 is 40.1 Å². The highest BCUT2D eigenvalue weighted by Crippen LogP contribution is 2.26. The van der Waals surface area contributed by atoms with E-state index < -0.39 is 5.25 Å². The Bertz CT molecular complexity index is 872. The summed E-state index contributed by atoms with van der Waals surface area (Å²) in [5, 5.41) is 5.75. The van der Waals surface area contributed by atoms with Gasteiger partial charge < -0.3 is 10.6 Å². The molecule has 26 heavy (non-hydrogen) atoms. The first-order valence-electron chi connectivity index (χ1n) is 8.41. The molecule has 2 aromatic carbocycles. The third-order valence-electron chi connectivity index (χ3n) is 4.13. The number of hydrogen-bond acceptors (Lipinski definition) is 4. The molecule has 0 bridgehead atoms. The lowest BCUT2D eigenvalue weighted by atomic mass is 10.1. The lowest BCUT2D eigenvalue weighted by molar-refractivity contribution is -0.122. The maximum atomic E-state index is 12.4. The first kappa shape index (κ1) is 18.2. The van der Waals surface area contributed by atoms with Gasteiger partial charge in [-0.2, -0.15) is 0 Å². The lowest BCUT2D eigenvalue weighted by Crippen LogP contribution is -2.28. The Kier molecular flexibility index (Phi) is 5.42. The molecule has 1 aliphatic heterocycles. The average molecular weight is 367 g/mol. The minimum atomic E-state index is -0.470. The summed E-state index contributed by atoms with van der Waals surface area (Å²) in [6.45, 7) is 5.89. The fourth-order valence-corrected chi connectivity index (χ4v) is 3.77. The van der Waals surface area contributed by atoms with Gasteiger partial charge in [-0.15, -0.1) is 0 Å². The van der Waals surface area contributed by atoms with E-state index in [0.717, 1.165) is 28.1 Å². The highest BCUT2D eigenvalue weighted by atomic mass is 32.2. The van der Waals surface area contributed by atoms with Gasteiger partial charge in [-0.05, 0) is 49.6 Å². The SMILES string of the molecule is Cc1cccc(N=C2NC(=O)[C@H](CC(=O)Nc3c(C)cccc3C)S2)c1. The third-order valence-corrected chi connectivity index (χ3v) is 5.21. The Labute approximate surface area is 157 Å². The summed E-state index contributed by atoms with van der Waals surface area (Å²) >= 11 is 1.30. The highest BCUT2D eigenvalue weighted by Gasteiger charge is 2.32. The minimum Gasteiger partial charge on any atom is -0.326 e. The second kappa shape index (κ2) is 7.74. The fourth-order valence-electron chi connectivity index (χ4n) is 2.78. The van der Waals surface area contributed by atoms with Crippen LogP contribution in [0.5, 0.6) is 0 Å². The molecule has 5 nitrogen and oxygen atoms in total. The summed E-state index contributed by atoms with van der Waals surface area (Å²) in [7, 11) is 0. The van der Waals surface area contributed by atoms with Gasteiger partial charge in [0.05, 0.1) is 5.69 Å². The predicted octanol–water partition coefficient (Wildman–Crippen LogP) is 3.86. The fraction of sp³-hybridized carbons (Fsp3) is 0.250. The van der Waals surface area contributed by atoms with Crippen molar-refractivity contribution in [2.24, 2.45) is 4.99 Å². The molecule has 0 unspecified atom stereocenters. The van der Waals surface area contributed by atoms with Crippen molar-refractivity contribution in [3.05, 3.63) is 59.2 Å². The smallest absolute Gasteiger partial charge is 0.240 e. The molecule has 0 aromatic heterocycles. The molecular weight excluding hydrogens is 346 g/mol. The van der Waals surface area contributed by atoms with E-state index >= 15 is 0 Å². The number of anilines is 1. The van der Waals surface area contributed by atoms with Crippen molar-refractivity contribution in [3.63, 3.8) is 0 Å². The molecule has 6 heteroatoms. The van der Waals surface area contributed by atoms with Gasteiger partial charge in [0.15, 0.2) is 5.17 Å². The van der Waals surface area contributed by atoms with Crippen molar-refractivity contribution < 1.29 is 9.59 Å². The number of thioether (sulfide) groups is 1. The largest absolute Gasteiger partial charge is 0.326 e. The number of aliphatic imine (C=N–C) groups is 1. The zero-order valence-corrected chi connectivity index (χ0v) is 15.8. The predicted molar refractivity (Wildman–Crippen MR) is 107 cm³/mol. The summed E-state index contributed by atoms with van der Waals surface area (Å²) < 4.78 is 0. The van der Waals surface area contributed by atoms with Gasteiger partial charge in [0.2, 0.25) is 11.8 Å². The number of nitrogens with zero attached hydrogens (tertiary/aromatic N) is 1. The van der Waals surface area contributed by atoms with Gasteiger partial charge in [-0.1, -0.05) is 42.1 Å². The van der Waals surface area contributed by atoms with Gasteiger partial charge in [0.1, 0.15) is 5.25 Å². The number of rotatable bonds is 4. The molecule has 2 aromatic rings. The summed E-state index contributed by atoms with van der Waals surface area (Å²) in [5.74, 6) is -0.357. The van der Waals surface area contributed by atoms with Crippen LogP contribution in [-0.2, 0) is 9.59 Å². The molecule has 1 saturated heterocycles. The molecule has 0 saturated carbocycles. The molecule has 1 atom stereocenters. The normalized spacial score (nSPS) is 18.0. The summed E-state index contributed by atoms with van der Waals surface area (Å²) in [4.78, 5) is 29.0. The summed E-state index contributed by atoms with van der Waals surface area (Å²) in [6, 6.07) is 13.6. The van der Waals surface area contributed by atoms with Crippen molar-refractivity contribution in [1.29, 1.82) is 0 Å². The van der Waals surface area contributed by atoms with E-state index in [9.17, 15) is 9.59 Å². The van der Waals surface area contributed by atoms with Gasteiger partial charge in [-0.3, -0.25) is 9.59 Å². The van der Waals surface area contributed by atoms with Gasteiger partial charge in [0, 0.05) is 12.1 Å². The van der Waals surface area contributed by atoms with Crippen LogP contribution < -0.4 is 10.6 Å². The van der Waals surface area contributed by atoms with E-state index in [4.69, 9.17) is 0 Å². The molecule has 1 heterocycles. The van der Waals surface area contributed by atoms with E-state index in [0.29, 0.717) is 5.17 Å². The molecule has 0 spiro atoms. The van der Waals surface area contributed by atoms with Crippen LogP contribution >= 0.6 is 11.8 Å². The van der Waals surface area contributed by atoms with Crippen molar-refractivity contribution in [2.75, 3.05) is 5.32 Å². The van der Waals surface area contributed by atoms with Crippen molar-refractivity contribution in [3.8, 4) is 0 Å². The number of amidine groups is 1. The molecule has 134 valence electrons. The van der Waals surface area contributed by atoms with Crippen molar-refractivity contribution in [2.45, 2.75) is 32.4 Å². The lowest BCUT2D eigenvalue weighted by Gasteiger charge is -2.12. The van der Waals surface area contributed by atoms with E-state index in [2.05, 4.69) is 15.6 Å².